The fourth-order valence-electron chi connectivity index (χ4n) is 1.08. The molecular formula is C10H13ClN2O3. The summed E-state index contributed by atoms with van der Waals surface area (Å²) in [5, 5.41) is 2.99. The predicted octanol–water partition coefficient (Wildman–Crippen LogP) is 1.08. The van der Waals surface area contributed by atoms with Gasteiger partial charge in [-0.15, -0.1) is 0 Å². The number of halogens is 1. The molecule has 1 heterocycles. The van der Waals surface area contributed by atoms with Gasteiger partial charge in [0.15, 0.2) is 6.29 Å². The number of aromatic nitrogens is 1. The molecule has 1 N–H and O–H groups in total. The van der Waals surface area contributed by atoms with Crippen molar-refractivity contribution >= 4 is 17.5 Å². The molecule has 1 amide bonds. The molecule has 1 aromatic heterocycles. The Morgan fingerprint density at radius 2 is 2.25 bits per heavy atom. The molecule has 0 fully saturated rings. The minimum absolute atomic E-state index is 0.247. The molecule has 5 nitrogen and oxygen atoms in total. The van der Waals surface area contributed by atoms with Crippen LogP contribution in [0.15, 0.2) is 18.5 Å². The van der Waals surface area contributed by atoms with Crippen LogP contribution in [0.3, 0.4) is 0 Å². The first-order valence-corrected chi connectivity index (χ1v) is 5.00. The lowest BCUT2D eigenvalue weighted by atomic mass is 10.2. The Morgan fingerprint density at radius 3 is 2.81 bits per heavy atom. The summed E-state index contributed by atoms with van der Waals surface area (Å²) >= 11 is 5.84. The van der Waals surface area contributed by atoms with Gasteiger partial charge in [0.25, 0.3) is 5.91 Å². The largest absolute Gasteiger partial charge is 0.354 e. The number of nitrogens with zero attached hydrogens (tertiary/aromatic N) is 1. The van der Waals surface area contributed by atoms with E-state index in [1.807, 2.05) is 0 Å². The van der Waals surface area contributed by atoms with Gasteiger partial charge in [0.05, 0.1) is 17.1 Å². The maximum atomic E-state index is 11.7. The first-order chi connectivity index (χ1) is 7.69. The molecular weight excluding hydrogens is 232 g/mol. The van der Waals surface area contributed by atoms with Crippen molar-refractivity contribution in [2.75, 3.05) is 20.8 Å². The smallest absolute Gasteiger partial charge is 0.254 e. The molecule has 0 unspecified atom stereocenters. The molecule has 0 saturated carbocycles. The predicted molar refractivity (Wildman–Crippen MR) is 59.4 cm³/mol. The highest BCUT2D eigenvalue weighted by Gasteiger charge is 2.12. The summed E-state index contributed by atoms with van der Waals surface area (Å²) in [7, 11) is 2.99. The monoisotopic (exact) mass is 244 g/mol. The van der Waals surface area contributed by atoms with Crippen molar-refractivity contribution in [3.05, 3.63) is 29.0 Å². The van der Waals surface area contributed by atoms with E-state index >= 15 is 0 Å². The molecule has 0 radical (unpaired) electrons. The second-order valence-corrected chi connectivity index (χ2v) is 3.37. The van der Waals surface area contributed by atoms with E-state index in [1.54, 1.807) is 6.07 Å². The lowest BCUT2D eigenvalue weighted by molar-refractivity contribution is -0.0974. The molecule has 0 aliphatic carbocycles. The van der Waals surface area contributed by atoms with Crippen LogP contribution in [0.2, 0.25) is 5.02 Å². The van der Waals surface area contributed by atoms with Gasteiger partial charge in [0.2, 0.25) is 0 Å². The van der Waals surface area contributed by atoms with Crippen LogP contribution in [-0.4, -0.2) is 37.9 Å². The molecule has 88 valence electrons. The molecule has 0 atom stereocenters. The zero-order chi connectivity index (χ0) is 12.0. The Hall–Kier alpha value is -1.17. The van der Waals surface area contributed by atoms with Crippen LogP contribution in [-0.2, 0) is 9.47 Å². The van der Waals surface area contributed by atoms with Gasteiger partial charge in [0.1, 0.15) is 0 Å². The number of nitrogens with one attached hydrogen (secondary N) is 1. The second-order valence-electron chi connectivity index (χ2n) is 2.97. The van der Waals surface area contributed by atoms with Gasteiger partial charge < -0.3 is 14.8 Å². The minimum Gasteiger partial charge on any atom is -0.354 e. The highest BCUT2D eigenvalue weighted by atomic mass is 35.5. The fraction of sp³-hybridized carbons (Fsp3) is 0.400. The van der Waals surface area contributed by atoms with Crippen molar-refractivity contribution in [1.82, 2.24) is 10.3 Å². The third-order valence-corrected chi connectivity index (χ3v) is 2.30. The molecule has 0 bridgehead atoms. The Balaban J connectivity index is 2.56. The first kappa shape index (κ1) is 12.9. The van der Waals surface area contributed by atoms with Crippen LogP contribution in [0, 0.1) is 0 Å². The Bertz CT molecular complexity index is 356. The highest BCUT2D eigenvalue weighted by molar-refractivity contribution is 6.33. The lowest BCUT2D eigenvalue weighted by Crippen LogP contribution is -2.34. The number of hydrogen-bond acceptors (Lipinski definition) is 4. The molecule has 0 aliphatic heterocycles. The Morgan fingerprint density at radius 1 is 1.56 bits per heavy atom. The summed E-state index contributed by atoms with van der Waals surface area (Å²) in [6, 6.07) is 1.56. The number of carbonyl (C=O) groups excluding carboxylic acids is 1. The number of hydrogen-bond donors (Lipinski definition) is 1. The van der Waals surface area contributed by atoms with Gasteiger partial charge in [-0.05, 0) is 6.07 Å². The van der Waals surface area contributed by atoms with Crippen molar-refractivity contribution in [1.29, 1.82) is 0 Å². The molecule has 0 saturated heterocycles. The molecule has 6 heteroatoms. The van der Waals surface area contributed by atoms with Crippen molar-refractivity contribution in [2.45, 2.75) is 6.29 Å². The number of ether oxygens (including phenoxy) is 2. The van der Waals surface area contributed by atoms with Crippen LogP contribution < -0.4 is 5.32 Å². The van der Waals surface area contributed by atoms with Crippen LogP contribution in [0.1, 0.15) is 10.4 Å². The van der Waals surface area contributed by atoms with E-state index in [9.17, 15) is 4.79 Å². The van der Waals surface area contributed by atoms with Gasteiger partial charge in [0, 0.05) is 26.6 Å². The summed E-state index contributed by atoms with van der Waals surface area (Å²) in [6.07, 6.45) is 2.46. The highest BCUT2D eigenvalue weighted by Crippen LogP contribution is 2.12. The molecule has 1 aromatic rings. The Labute approximate surface area is 98.7 Å². The summed E-state index contributed by atoms with van der Waals surface area (Å²) in [5.74, 6) is -0.308. The third-order valence-electron chi connectivity index (χ3n) is 1.97. The molecule has 0 aromatic carbocycles. The minimum atomic E-state index is -0.473. The molecule has 0 aliphatic rings. The van der Waals surface area contributed by atoms with Gasteiger partial charge in [-0.2, -0.15) is 0 Å². The van der Waals surface area contributed by atoms with E-state index in [4.69, 9.17) is 21.1 Å². The fourth-order valence-corrected chi connectivity index (χ4v) is 1.27. The SMILES string of the molecule is COC(CNC(=O)c1cnccc1Cl)OC. The summed E-state index contributed by atoms with van der Waals surface area (Å²) in [4.78, 5) is 15.5. The van der Waals surface area contributed by atoms with Crippen molar-refractivity contribution in [3.8, 4) is 0 Å². The van der Waals surface area contributed by atoms with Crippen LogP contribution in [0.5, 0.6) is 0 Å². The van der Waals surface area contributed by atoms with E-state index in [1.165, 1.54) is 26.6 Å². The van der Waals surface area contributed by atoms with Gasteiger partial charge >= 0.3 is 0 Å². The van der Waals surface area contributed by atoms with Crippen LogP contribution in [0.4, 0.5) is 0 Å². The molecule has 0 spiro atoms. The summed E-state index contributed by atoms with van der Waals surface area (Å²) < 4.78 is 9.86. The third kappa shape index (κ3) is 3.44. The zero-order valence-electron chi connectivity index (χ0n) is 9.07. The maximum Gasteiger partial charge on any atom is 0.254 e. The summed E-state index contributed by atoms with van der Waals surface area (Å²) in [5.41, 5.74) is 0.329. The Kier molecular flexibility index (Phi) is 5.18. The number of rotatable bonds is 5. The topological polar surface area (TPSA) is 60.5 Å². The van der Waals surface area contributed by atoms with E-state index in [-0.39, 0.29) is 12.5 Å². The number of carbonyl (C=O) groups is 1. The van der Waals surface area contributed by atoms with Gasteiger partial charge in [-0.1, -0.05) is 11.6 Å². The standard InChI is InChI=1S/C10H13ClN2O3/c1-15-9(16-2)6-13-10(14)7-5-12-4-3-8(7)11/h3-5,9H,6H2,1-2H3,(H,13,14). The zero-order valence-corrected chi connectivity index (χ0v) is 9.82. The first-order valence-electron chi connectivity index (χ1n) is 4.62. The lowest BCUT2D eigenvalue weighted by Gasteiger charge is -2.14. The number of pyridine rings is 1. The maximum absolute atomic E-state index is 11.7. The van der Waals surface area contributed by atoms with Crippen LogP contribution in [0.25, 0.3) is 0 Å². The quantitative estimate of drug-likeness (QED) is 0.788. The molecule has 1 rings (SSSR count). The average Bonchev–Trinajstić information content (AvgIpc) is 2.30. The number of methoxy groups -OCH3 is 2. The number of amides is 1. The van der Waals surface area contributed by atoms with E-state index in [2.05, 4.69) is 10.3 Å². The second kappa shape index (κ2) is 6.42. The van der Waals surface area contributed by atoms with Gasteiger partial charge in [-0.25, -0.2) is 0 Å². The average molecular weight is 245 g/mol. The van der Waals surface area contributed by atoms with Crippen molar-refractivity contribution in [3.63, 3.8) is 0 Å². The van der Waals surface area contributed by atoms with E-state index < -0.39 is 6.29 Å². The summed E-state index contributed by atoms with van der Waals surface area (Å²) in [6.45, 7) is 0.247. The normalized spacial score (nSPS) is 10.5. The van der Waals surface area contributed by atoms with Crippen LogP contribution >= 0.6 is 11.6 Å². The van der Waals surface area contributed by atoms with Crippen molar-refractivity contribution < 1.29 is 14.3 Å². The van der Waals surface area contributed by atoms with Gasteiger partial charge in [-0.3, -0.25) is 9.78 Å². The van der Waals surface area contributed by atoms with E-state index in [0.29, 0.717) is 10.6 Å². The van der Waals surface area contributed by atoms with Crippen molar-refractivity contribution in [2.24, 2.45) is 0 Å². The van der Waals surface area contributed by atoms with E-state index in [0.717, 1.165) is 0 Å². The molecule has 16 heavy (non-hydrogen) atoms.